The van der Waals surface area contributed by atoms with Crippen LogP contribution in [0.4, 0.5) is 0 Å². The zero-order valence-corrected chi connectivity index (χ0v) is 10.1. The van der Waals surface area contributed by atoms with E-state index in [2.05, 4.69) is 6.92 Å². The Bertz CT molecular complexity index is 113. The molecule has 2 N–H and O–H groups in total. The first-order valence-electron chi connectivity index (χ1n) is 6.05. The van der Waals surface area contributed by atoms with E-state index >= 15 is 0 Å². The highest BCUT2D eigenvalue weighted by atomic mass is 16.1. The van der Waals surface area contributed by atoms with Crippen molar-refractivity contribution >= 4 is 5.91 Å². The van der Waals surface area contributed by atoms with Gasteiger partial charge in [-0.1, -0.05) is 59.3 Å². The van der Waals surface area contributed by atoms with Crippen molar-refractivity contribution in [3.63, 3.8) is 0 Å². The van der Waals surface area contributed by atoms with Gasteiger partial charge in [-0.25, -0.2) is 0 Å². The molecule has 0 spiro atoms. The third-order valence-electron chi connectivity index (χ3n) is 2.03. The van der Waals surface area contributed by atoms with Crippen LogP contribution in [-0.4, -0.2) is 5.91 Å². The molecule has 0 bridgehead atoms. The minimum Gasteiger partial charge on any atom is -0.370 e. The highest BCUT2D eigenvalue weighted by Gasteiger charge is 1.94. The molecular formula is C12H27NO. The lowest BCUT2D eigenvalue weighted by atomic mass is 10.1. The number of amides is 1. The van der Waals surface area contributed by atoms with Crippen molar-refractivity contribution in [2.45, 2.75) is 72.1 Å². The largest absolute Gasteiger partial charge is 0.370 e. The Balaban J connectivity index is 0. The Morgan fingerprint density at radius 1 is 0.929 bits per heavy atom. The lowest BCUT2D eigenvalue weighted by Gasteiger charge is -1.98. The van der Waals surface area contributed by atoms with Gasteiger partial charge in [-0.15, -0.1) is 0 Å². The molecule has 14 heavy (non-hydrogen) atoms. The lowest BCUT2D eigenvalue weighted by molar-refractivity contribution is -0.118. The van der Waals surface area contributed by atoms with E-state index < -0.39 is 0 Å². The van der Waals surface area contributed by atoms with E-state index in [1.165, 1.54) is 32.1 Å². The van der Waals surface area contributed by atoms with E-state index in [4.69, 9.17) is 5.73 Å². The summed E-state index contributed by atoms with van der Waals surface area (Å²) < 4.78 is 0. The Hall–Kier alpha value is -0.530. The number of primary amides is 1. The van der Waals surface area contributed by atoms with Crippen LogP contribution in [-0.2, 0) is 4.79 Å². The SMILES string of the molecule is CC.CCCCCCCCCC(N)=O. The van der Waals surface area contributed by atoms with Gasteiger partial charge >= 0.3 is 0 Å². The fourth-order valence-corrected chi connectivity index (χ4v) is 1.26. The molecule has 0 aromatic carbocycles. The quantitative estimate of drug-likeness (QED) is 0.599. The molecule has 0 saturated carbocycles. The van der Waals surface area contributed by atoms with Crippen molar-refractivity contribution in [2.24, 2.45) is 5.73 Å². The molecule has 0 rings (SSSR count). The lowest BCUT2D eigenvalue weighted by Crippen LogP contribution is -2.09. The van der Waals surface area contributed by atoms with Crippen molar-refractivity contribution in [2.75, 3.05) is 0 Å². The summed E-state index contributed by atoms with van der Waals surface area (Å²) in [6, 6.07) is 0. The molecule has 2 heteroatoms. The smallest absolute Gasteiger partial charge is 0.217 e. The van der Waals surface area contributed by atoms with Crippen LogP contribution >= 0.6 is 0 Å². The summed E-state index contributed by atoms with van der Waals surface area (Å²) >= 11 is 0. The predicted octanol–water partition coefficient (Wildman–Crippen LogP) is 3.64. The minimum absolute atomic E-state index is 0.163. The first-order valence-corrected chi connectivity index (χ1v) is 6.05. The summed E-state index contributed by atoms with van der Waals surface area (Å²) in [5.41, 5.74) is 5.02. The molecule has 0 aromatic rings. The Morgan fingerprint density at radius 3 is 1.79 bits per heavy atom. The van der Waals surface area contributed by atoms with E-state index in [1.807, 2.05) is 13.8 Å². The monoisotopic (exact) mass is 201 g/mol. The summed E-state index contributed by atoms with van der Waals surface area (Å²) in [6.07, 6.45) is 9.24. The molecule has 0 atom stereocenters. The van der Waals surface area contributed by atoms with Gasteiger partial charge in [0.15, 0.2) is 0 Å². The van der Waals surface area contributed by atoms with Gasteiger partial charge < -0.3 is 5.73 Å². The third kappa shape index (κ3) is 17.5. The average molecular weight is 201 g/mol. The Kier molecular flexibility index (Phi) is 17.0. The summed E-state index contributed by atoms with van der Waals surface area (Å²) in [5, 5.41) is 0. The Labute approximate surface area is 89.3 Å². The third-order valence-corrected chi connectivity index (χ3v) is 2.03. The van der Waals surface area contributed by atoms with Gasteiger partial charge in [-0.2, -0.15) is 0 Å². The normalized spacial score (nSPS) is 9.07. The molecular weight excluding hydrogens is 174 g/mol. The maximum absolute atomic E-state index is 10.4. The first kappa shape index (κ1) is 15.9. The molecule has 0 saturated heterocycles. The highest BCUT2D eigenvalue weighted by molar-refractivity contribution is 5.73. The molecule has 2 nitrogen and oxygen atoms in total. The van der Waals surface area contributed by atoms with Gasteiger partial charge in [0.25, 0.3) is 0 Å². The summed E-state index contributed by atoms with van der Waals surface area (Å²) in [4.78, 5) is 10.4. The van der Waals surface area contributed by atoms with Gasteiger partial charge in [0.1, 0.15) is 0 Å². The van der Waals surface area contributed by atoms with E-state index in [-0.39, 0.29) is 5.91 Å². The predicted molar refractivity (Wildman–Crippen MR) is 63.2 cm³/mol. The van der Waals surface area contributed by atoms with Crippen LogP contribution in [0.3, 0.4) is 0 Å². The van der Waals surface area contributed by atoms with Crippen molar-refractivity contribution in [1.29, 1.82) is 0 Å². The van der Waals surface area contributed by atoms with Gasteiger partial charge in [-0.05, 0) is 6.42 Å². The fourth-order valence-electron chi connectivity index (χ4n) is 1.26. The zero-order valence-electron chi connectivity index (χ0n) is 10.1. The van der Waals surface area contributed by atoms with Crippen LogP contribution in [0.2, 0.25) is 0 Å². The molecule has 0 heterocycles. The molecule has 0 radical (unpaired) electrons. The number of unbranched alkanes of at least 4 members (excludes halogenated alkanes) is 6. The molecule has 86 valence electrons. The van der Waals surface area contributed by atoms with Crippen molar-refractivity contribution < 1.29 is 4.79 Å². The van der Waals surface area contributed by atoms with Crippen molar-refractivity contribution in [1.82, 2.24) is 0 Å². The van der Waals surface area contributed by atoms with Crippen LogP contribution in [0.5, 0.6) is 0 Å². The second kappa shape index (κ2) is 15.0. The second-order valence-corrected chi connectivity index (χ2v) is 3.34. The number of hydrogen-bond acceptors (Lipinski definition) is 1. The number of rotatable bonds is 8. The van der Waals surface area contributed by atoms with Gasteiger partial charge in [0.2, 0.25) is 5.91 Å². The number of carbonyl (C=O) groups is 1. The van der Waals surface area contributed by atoms with Crippen LogP contribution in [0, 0.1) is 0 Å². The number of nitrogens with two attached hydrogens (primary N) is 1. The molecule has 0 unspecified atom stereocenters. The van der Waals surface area contributed by atoms with Crippen molar-refractivity contribution in [3.05, 3.63) is 0 Å². The molecule has 0 aliphatic carbocycles. The van der Waals surface area contributed by atoms with Crippen molar-refractivity contribution in [3.8, 4) is 0 Å². The average Bonchev–Trinajstić information content (AvgIpc) is 2.19. The summed E-state index contributed by atoms with van der Waals surface area (Å²) in [7, 11) is 0. The standard InChI is InChI=1S/C10H21NO.C2H6/c1-2-3-4-5-6-7-8-9-10(11)12;1-2/h2-9H2,1H3,(H2,11,12);1-2H3. The van der Waals surface area contributed by atoms with E-state index in [0.717, 1.165) is 12.8 Å². The maximum atomic E-state index is 10.4. The Morgan fingerprint density at radius 2 is 1.36 bits per heavy atom. The van der Waals surface area contributed by atoms with Gasteiger partial charge in [-0.3, -0.25) is 4.79 Å². The molecule has 0 aliphatic rings. The van der Waals surface area contributed by atoms with Crippen LogP contribution < -0.4 is 5.73 Å². The first-order chi connectivity index (χ1) is 6.77. The second-order valence-electron chi connectivity index (χ2n) is 3.34. The summed E-state index contributed by atoms with van der Waals surface area (Å²) in [5.74, 6) is -0.163. The summed E-state index contributed by atoms with van der Waals surface area (Å²) in [6.45, 7) is 6.22. The molecule has 1 amide bonds. The van der Waals surface area contributed by atoms with E-state index in [0.29, 0.717) is 6.42 Å². The number of carbonyl (C=O) groups excluding carboxylic acids is 1. The minimum atomic E-state index is -0.163. The van der Waals surface area contributed by atoms with Crippen LogP contribution in [0.25, 0.3) is 0 Å². The zero-order chi connectivity index (χ0) is 11.2. The molecule has 0 fully saturated rings. The number of hydrogen-bond donors (Lipinski definition) is 1. The topological polar surface area (TPSA) is 43.1 Å². The van der Waals surface area contributed by atoms with Gasteiger partial charge in [0.05, 0.1) is 0 Å². The van der Waals surface area contributed by atoms with E-state index in [1.54, 1.807) is 0 Å². The fraction of sp³-hybridized carbons (Fsp3) is 0.917. The molecule has 0 aromatic heterocycles. The van der Waals surface area contributed by atoms with Crippen LogP contribution in [0.1, 0.15) is 72.1 Å². The highest BCUT2D eigenvalue weighted by Crippen LogP contribution is 2.07. The molecule has 0 aliphatic heterocycles. The van der Waals surface area contributed by atoms with E-state index in [9.17, 15) is 4.79 Å². The van der Waals surface area contributed by atoms with Gasteiger partial charge in [0, 0.05) is 6.42 Å². The maximum Gasteiger partial charge on any atom is 0.217 e. The van der Waals surface area contributed by atoms with Crippen LogP contribution in [0.15, 0.2) is 0 Å².